The fraction of sp³-hybridized carbons (Fsp3) is 0.714. The number of morpholine rings is 1. The molecule has 5 nitrogen and oxygen atoms in total. The minimum atomic E-state index is 0.0765. The molecule has 2 heterocycles. The van der Waals surface area contributed by atoms with Gasteiger partial charge in [-0.1, -0.05) is 13.8 Å². The molecule has 2 rings (SSSR count). The maximum absolute atomic E-state index is 12.5. The molecule has 1 amide bonds. The fourth-order valence-corrected chi connectivity index (χ4v) is 2.33. The zero-order chi connectivity index (χ0) is 13.8. The van der Waals surface area contributed by atoms with E-state index in [1.165, 1.54) is 0 Å². The van der Waals surface area contributed by atoms with Crippen LogP contribution in [0.2, 0.25) is 0 Å². The van der Waals surface area contributed by atoms with E-state index in [1.54, 1.807) is 0 Å². The molecule has 0 atom stereocenters. The summed E-state index contributed by atoms with van der Waals surface area (Å²) in [6.07, 6.45) is 0.913. The van der Waals surface area contributed by atoms with Crippen molar-refractivity contribution in [3.63, 3.8) is 0 Å². The number of carbonyl (C=O) groups excluding carboxylic acids is 1. The SMILES string of the molecule is CCn1nc(CC(C)C)cc1C(=O)N1CCOCC1. The van der Waals surface area contributed by atoms with Crippen molar-refractivity contribution in [2.75, 3.05) is 26.3 Å². The fourth-order valence-electron chi connectivity index (χ4n) is 2.33. The van der Waals surface area contributed by atoms with Crippen LogP contribution < -0.4 is 0 Å². The van der Waals surface area contributed by atoms with Crippen LogP contribution in [-0.2, 0) is 17.7 Å². The third kappa shape index (κ3) is 3.35. The summed E-state index contributed by atoms with van der Waals surface area (Å²) in [5.41, 5.74) is 1.72. The summed E-state index contributed by atoms with van der Waals surface area (Å²) in [6, 6.07) is 1.95. The van der Waals surface area contributed by atoms with Gasteiger partial charge in [0.15, 0.2) is 0 Å². The van der Waals surface area contributed by atoms with E-state index >= 15 is 0 Å². The van der Waals surface area contributed by atoms with Crippen LogP contribution in [0.25, 0.3) is 0 Å². The van der Waals surface area contributed by atoms with Gasteiger partial charge in [-0.15, -0.1) is 0 Å². The largest absolute Gasteiger partial charge is 0.378 e. The van der Waals surface area contributed by atoms with Crippen LogP contribution in [0.3, 0.4) is 0 Å². The predicted molar refractivity (Wildman–Crippen MR) is 73.2 cm³/mol. The summed E-state index contributed by atoms with van der Waals surface area (Å²) in [6.45, 7) is 9.67. The van der Waals surface area contributed by atoms with Gasteiger partial charge in [0.1, 0.15) is 5.69 Å². The molecule has 0 unspecified atom stereocenters. The van der Waals surface area contributed by atoms with Gasteiger partial charge in [0.25, 0.3) is 5.91 Å². The highest BCUT2D eigenvalue weighted by Crippen LogP contribution is 2.13. The van der Waals surface area contributed by atoms with E-state index in [0.717, 1.165) is 18.7 Å². The molecule has 0 aliphatic carbocycles. The second-order valence-corrected chi connectivity index (χ2v) is 5.34. The molecule has 19 heavy (non-hydrogen) atoms. The molecule has 5 heteroatoms. The Bertz CT molecular complexity index is 434. The number of carbonyl (C=O) groups is 1. The summed E-state index contributed by atoms with van der Waals surface area (Å²) in [4.78, 5) is 14.3. The van der Waals surface area contributed by atoms with Crippen molar-refractivity contribution in [1.82, 2.24) is 14.7 Å². The van der Waals surface area contributed by atoms with Crippen molar-refractivity contribution in [3.05, 3.63) is 17.5 Å². The number of hydrogen-bond acceptors (Lipinski definition) is 3. The van der Waals surface area contributed by atoms with Gasteiger partial charge in [-0.2, -0.15) is 5.10 Å². The Balaban J connectivity index is 2.17. The van der Waals surface area contributed by atoms with Crippen LogP contribution in [0.4, 0.5) is 0 Å². The molecule has 0 N–H and O–H groups in total. The van der Waals surface area contributed by atoms with Crippen LogP contribution in [-0.4, -0.2) is 46.9 Å². The van der Waals surface area contributed by atoms with Gasteiger partial charge >= 0.3 is 0 Å². The molecule has 1 aliphatic heterocycles. The molecule has 0 spiro atoms. The second-order valence-electron chi connectivity index (χ2n) is 5.34. The number of aromatic nitrogens is 2. The van der Waals surface area contributed by atoms with E-state index in [4.69, 9.17) is 4.74 Å². The molecule has 0 aromatic carbocycles. The third-order valence-electron chi connectivity index (χ3n) is 3.26. The number of rotatable bonds is 4. The van der Waals surface area contributed by atoms with Gasteiger partial charge in [0.05, 0.1) is 18.9 Å². The normalized spacial score (nSPS) is 16.1. The molecule has 1 fully saturated rings. The first-order valence-electron chi connectivity index (χ1n) is 7.05. The Morgan fingerprint density at radius 3 is 2.68 bits per heavy atom. The average molecular weight is 265 g/mol. The van der Waals surface area contributed by atoms with Crippen molar-refractivity contribution in [2.24, 2.45) is 5.92 Å². The van der Waals surface area contributed by atoms with Crippen molar-refractivity contribution in [1.29, 1.82) is 0 Å². The van der Waals surface area contributed by atoms with Crippen molar-refractivity contribution >= 4 is 5.91 Å². The smallest absolute Gasteiger partial charge is 0.272 e. The van der Waals surface area contributed by atoms with Crippen LogP contribution in [0.1, 0.15) is 37.0 Å². The van der Waals surface area contributed by atoms with Gasteiger partial charge in [0, 0.05) is 19.6 Å². The van der Waals surface area contributed by atoms with Crippen molar-refractivity contribution < 1.29 is 9.53 Å². The number of amides is 1. The summed E-state index contributed by atoms with van der Waals surface area (Å²) < 4.78 is 7.10. The van der Waals surface area contributed by atoms with Gasteiger partial charge < -0.3 is 9.64 Å². The lowest BCUT2D eigenvalue weighted by atomic mass is 10.1. The lowest BCUT2D eigenvalue weighted by molar-refractivity contribution is 0.0295. The van der Waals surface area contributed by atoms with Crippen molar-refractivity contribution in [3.8, 4) is 0 Å². The van der Waals surface area contributed by atoms with Crippen LogP contribution in [0, 0.1) is 5.92 Å². The highest BCUT2D eigenvalue weighted by atomic mass is 16.5. The second kappa shape index (κ2) is 6.19. The number of ether oxygens (including phenoxy) is 1. The zero-order valence-electron chi connectivity index (χ0n) is 12.1. The van der Waals surface area contributed by atoms with Crippen molar-refractivity contribution in [2.45, 2.75) is 33.7 Å². The minimum absolute atomic E-state index is 0.0765. The first-order valence-corrected chi connectivity index (χ1v) is 7.05. The number of aryl methyl sites for hydroxylation is 1. The Hall–Kier alpha value is -1.36. The Morgan fingerprint density at radius 1 is 1.42 bits per heavy atom. The summed E-state index contributed by atoms with van der Waals surface area (Å²) in [5.74, 6) is 0.624. The van der Waals surface area contributed by atoms with E-state index in [1.807, 2.05) is 22.6 Å². The highest BCUT2D eigenvalue weighted by Gasteiger charge is 2.22. The average Bonchev–Trinajstić information content (AvgIpc) is 2.81. The zero-order valence-corrected chi connectivity index (χ0v) is 12.1. The first-order chi connectivity index (χ1) is 9.11. The van der Waals surface area contributed by atoms with E-state index in [2.05, 4.69) is 18.9 Å². The van der Waals surface area contributed by atoms with Crippen LogP contribution >= 0.6 is 0 Å². The summed E-state index contributed by atoms with van der Waals surface area (Å²) in [7, 11) is 0. The number of nitrogens with zero attached hydrogens (tertiary/aromatic N) is 3. The molecule has 1 saturated heterocycles. The molecule has 106 valence electrons. The van der Waals surface area contributed by atoms with Crippen LogP contribution in [0.15, 0.2) is 6.07 Å². The summed E-state index contributed by atoms with van der Waals surface area (Å²) >= 11 is 0. The third-order valence-corrected chi connectivity index (χ3v) is 3.26. The Labute approximate surface area is 114 Å². The number of hydrogen-bond donors (Lipinski definition) is 0. The van der Waals surface area contributed by atoms with E-state index in [-0.39, 0.29) is 5.91 Å². The Kier molecular flexibility index (Phi) is 4.58. The van der Waals surface area contributed by atoms with Crippen LogP contribution in [0.5, 0.6) is 0 Å². The van der Waals surface area contributed by atoms with E-state index in [9.17, 15) is 4.79 Å². The van der Waals surface area contributed by atoms with Gasteiger partial charge in [-0.05, 0) is 25.3 Å². The predicted octanol–water partition coefficient (Wildman–Crippen LogP) is 1.57. The molecule has 0 saturated carbocycles. The van der Waals surface area contributed by atoms with Gasteiger partial charge in [0.2, 0.25) is 0 Å². The van der Waals surface area contributed by atoms with E-state index in [0.29, 0.717) is 37.9 Å². The quantitative estimate of drug-likeness (QED) is 0.830. The monoisotopic (exact) mass is 265 g/mol. The van der Waals surface area contributed by atoms with Gasteiger partial charge in [-0.25, -0.2) is 0 Å². The highest BCUT2D eigenvalue weighted by molar-refractivity contribution is 5.92. The lowest BCUT2D eigenvalue weighted by Crippen LogP contribution is -2.41. The molecular weight excluding hydrogens is 242 g/mol. The lowest BCUT2D eigenvalue weighted by Gasteiger charge is -2.26. The molecule has 1 aromatic heterocycles. The molecule has 0 bridgehead atoms. The molecule has 0 radical (unpaired) electrons. The maximum atomic E-state index is 12.5. The first kappa shape index (κ1) is 14.1. The molecular formula is C14H23N3O2. The maximum Gasteiger partial charge on any atom is 0.272 e. The molecule has 1 aliphatic rings. The standard InChI is InChI=1S/C14H23N3O2/c1-4-17-13(10-12(15-17)9-11(2)3)14(18)16-5-7-19-8-6-16/h10-11H,4-9H2,1-3H3. The topological polar surface area (TPSA) is 47.4 Å². The summed E-state index contributed by atoms with van der Waals surface area (Å²) in [5, 5.41) is 4.52. The van der Waals surface area contributed by atoms with Gasteiger partial charge in [-0.3, -0.25) is 9.48 Å². The minimum Gasteiger partial charge on any atom is -0.378 e. The molecule has 1 aromatic rings. The Morgan fingerprint density at radius 2 is 2.11 bits per heavy atom. The van der Waals surface area contributed by atoms with E-state index < -0.39 is 0 Å².